The van der Waals surface area contributed by atoms with E-state index >= 15 is 0 Å². The number of hydrogen-bond acceptors (Lipinski definition) is 3. The minimum Gasteiger partial charge on any atom is -0.361 e. The van der Waals surface area contributed by atoms with Crippen LogP contribution in [0.2, 0.25) is 10.0 Å². The summed E-state index contributed by atoms with van der Waals surface area (Å²) >= 11 is 11.9. The van der Waals surface area contributed by atoms with E-state index in [2.05, 4.69) is 10.1 Å². The lowest BCUT2D eigenvalue weighted by atomic mass is 10.2. The van der Waals surface area contributed by atoms with Crippen LogP contribution >= 0.6 is 23.2 Å². The third-order valence-electron chi connectivity index (χ3n) is 2.55. The van der Waals surface area contributed by atoms with Crippen molar-refractivity contribution in [3.63, 3.8) is 0 Å². The third-order valence-corrected chi connectivity index (χ3v) is 3.28. The summed E-state index contributed by atoms with van der Waals surface area (Å²) in [5.41, 5.74) is 2.04. The van der Waals surface area contributed by atoms with Gasteiger partial charge in [-0.25, -0.2) is 0 Å². The van der Waals surface area contributed by atoms with E-state index in [9.17, 15) is 0 Å². The van der Waals surface area contributed by atoms with Gasteiger partial charge in [0.25, 0.3) is 0 Å². The Hall–Kier alpha value is -1.03. The number of benzene rings is 1. The Kier molecular flexibility index (Phi) is 4.27. The molecule has 0 aliphatic rings. The fourth-order valence-electron chi connectivity index (χ4n) is 1.77. The Morgan fingerprint density at radius 3 is 2.56 bits per heavy atom. The van der Waals surface area contributed by atoms with Crippen molar-refractivity contribution < 1.29 is 4.52 Å². The van der Waals surface area contributed by atoms with Crippen molar-refractivity contribution in [2.45, 2.75) is 20.0 Å². The highest BCUT2D eigenvalue weighted by Crippen LogP contribution is 2.23. The monoisotopic (exact) mass is 284 g/mol. The van der Waals surface area contributed by atoms with E-state index < -0.39 is 0 Å². The Bertz CT molecular complexity index is 540. The van der Waals surface area contributed by atoms with Crippen molar-refractivity contribution in [3.05, 3.63) is 51.3 Å². The Balaban J connectivity index is 1.98. The lowest BCUT2D eigenvalue weighted by molar-refractivity contribution is 0.302. The van der Waals surface area contributed by atoms with Crippen LogP contribution in [0.25, 0.3) is 0 Å². The standard InChI is InChI=1S/C13H14Cl2N2O/c1-9-5-11(16-18-9)8-17(2)7-10-3-4-12(14)13(15)6-10/h3-6H,7-8H2,1-2H3. The average Bonchev–Trinajstić information content (AvgIpc) is 2.69. The van der Waals surface area contributed by atoms with Gasteiger partial charge in [-0.3, -0.25) is 4.90 Å². The predicted octanol–water partition coefficient (Wildman–Crippen LogP) is 3.92. The summed E-state index contributed by atoms with van der Waals surface area (Å²) in [5.74, 6) is 0.827. The molecule has 0 amide bonds. The van der Waals surface area contributed by atoms with E-state index in [1.54, 1.807) is 0 Å². The summed E-state index contributed by atoms with van der Waals surface area (Å²) in [6.07, 6.45) is 0. The molecule has 0 aliphatic carbocycles. The van der Waals surface area contributed by atoms with Gasteiger partial charge >= 0.3 is 0 Å². The quantitative estimate of drug-likeness (QED) is 0.852. The van der Waals surface area contributed by atoms with Gasteiger partial charge in [0.05, 0.1) is 15.7 Å². The van der Waals surface area contributed by atoms with Gasteiger partial charge in [0.2, 0.25) is 0 Å². The minimum atomic E-state index is 0.579. The van der Waals surface area contributed by atoms with E-state index in [-0.39, 0.29) is 0 Å². The predicted molar refractivity (Wildman–Crippen MR) is 72.9 cm³/mol. The molecule has 1 heterocycles. The van der Waals surface area contributed by atoms with Crippen molar-refractivity contribution in [2.75, 3.05) is 7.05 Å². The van der Waals surface area contributed by atoms with E-state index in [0.717, 1.165) is 30.1 Å². The topological polar surface area (TPSA) is 29.3 Å². The van der Waals surface area contributed by atoms with Crippen molar-refractivity contribution >= 4 is 23.2 Å². The molecule has 1 aromatic heterocycles. The fraction of sp³-hybridized carbons (Fsp3) is 0.308. The molecule has 0 atom stereocenters. The van der Waals surface area contributed by atoms with Crippen molar-refractivity contribution in [1.82, 2.24) is 10.1 Å². The van der Waals surface area contributed by atoms with E-state index in [1.165, 1.54) is 0 Å². The number of aromatic nitrogens is 1. The molecule has 0 fully saturated rings. The van der Waals surface area contributed by atoms with Crippen LogP contribution in [0.4, 0.5) is 0 Å². The van der Waals surface area contributed by atoms with Gasteiger partial charge < -0.3 is 4.52 Å². The maximum atomic E-state index is 5.98. The minimum absolute atomic E-state index is 0.579. The van der Waals surface area contributed by atoms with Crippen LogP contribution in [0.15, 0.2) is 28.8 Å². The van der Waals surface area contributed by atoms with Crippen molar-refractivity contribution in [2.24, 2.45) is 0 Å². The lowest BCUT2D eigenvalue weighted by Gasteiger charge is -2.15. The molecule has 2 aromatic rings. The molecular weight excluding hydrogens is 271 g/mol. The average molecular weight is 285 g/mol. The zero-order valence-electron chi connectivity index (χ0n) is 10.3. The summed E-state index contributed by atoms with van der Waals surface area (Å²) in [4.78, 5) is 2.14. The second kappa shape index (κ2) is 5.74. The first-order chi connectivity index (χ1) is 8.54. The molecule has 96 valence electrons. The second-order valence-electron chi connectivity index (χ2n) is 4.35. The molecule has 0 aliphatic heterocycles. The van der Waals surface area contributed by atoms with Crippen LogP contribution in [0.1, 0.15) is 17.0 Å². The van der Waals surface area contributed by atoms with Gasteiger partial charge in [0.15, 0.2) is 0 Å². The molecule has 0 radical (unpaired) electrons. The molecular formula is C13H14Cl2N2O. The normalized spacial score (nSPS) is 11.2. The van der Waals surface area contributed by atoms with Crippen LogP contribution in [0.3, 0.4) is 0 Å². The largest absolute Gasteiger partial charge is 0.361 e. The van der Waals surface area contributed by atoms with E-state index in [0.29, 0.717) is 10.0 Å². The van der Waals surface area contributed by atoms with E-state index in [1.807, 2.05) is 38.2 Å². The summed E-state index contributed by atoms with van der Waals surface area (Å²) in [6.45, 7) is 3.40. The van der Waals surface area contributed by atoms with Crippen LogP contribution in [-0.4, -0.2) is 17.1 Å². The summed E-state index contributed by atoms with van der Waals surface area (Å²) in [7, 11) is 2.02. The smallest absolute Gasteiger partial charge is 0.133 e. The number of rotatable bonds is 4. The van der Waals surface area contributed by atoms with Crippen molar-refractivity contribution in [3.8, 4) is 0 Å². The van der Waals surface area contributed by atoms with Crippen LogP contribution < -0.4 is 0 Å². The van der Waals surface area contributed by atoms with Gasteiger partial charge in [-0.15, -0.1) is 0 Å². The molecule has 1 aromatic carbocycles. The van der Waals surface area contributed by atoms with Gasteiger partial charge in [-0.2, -0.15) is 0 Å². The molecule has 0 saturated carbocycles. The maximum absolute atomic E-state index is 5.98. The Morgan fingerprint density at radius 1 is 1.17 bits per heavy atom. The van der Waals surface area contributed by atoms with E-state index in [4.69, 9.17) is 27.7 Å². The molecule has 2 rings (SSSR count). The molecule has 0 N–H and O–H groups in total. The highest BCUT2D eigenvalue weighted by molar-refractivity contribution is 6.42. The molecule has 0 bridgehead atoms. The zero-order chi connectivity index (χ0) is 13.1. The summed E-state index contributed by atoms with van der Waals surface area (Å²) < 4.78 is 5.04. The first-order valence-electron chi connectivity index (χ1n) is 5.59. The summed E-state index contributed by atoms with van der Waals surface area (Å²) in [6, 6.07) is 7.60. The second-order valence-corrected chi connectivity index (χ2v) is 5.16. The van der Waals surface area contributed by atoms with Crippen LogP contribution in [0.5, 0.6) is 0 Å². The first-order valence-corrected chi connectivity index (χ1v) is 6.35. The SMILES string of the molecule is Cc1cc(CN(C)Cc2ccc(Cl)c(Cl)c2)no1. The highest BCUT2D eigenvalue weighted by Gasteiger charge is 2.07. The Morgan fingerprint density at radius 2 is 1.94 bits per heavy atom. The molecule has 0 spiro atoms. The van der Waals surface area contributed by atoms with Gasteiger partial charge in [0, 0.05) is 19.2 Å². The lowest BCUT2D eigenvalue weighted by Crippen LogP contribution is -2.17. The zero-order valence-corrected chi connectivity index (χ0v) is 11.8. The van der Waals surface area contributed by atoms with Gasteiger partial charge in [-0.1, -0.05) is 34.4 Å². The molecule has 0 unspecified atom stereocenters. The first kappa shape index (κ1) is 13.4. The molecule has 3 nitrogen and oxygen atoms in total. The summed E-state index contributed by atoms with van der Waals surface area (Å²) in [5, 5.41) is 5.13. The van der Waals surface area contributed by atoms with Crippen LogP contribution in [-0.2, 0) is 13.1 Å². The third kappa shape index (κ3) is 3.48. The molecule has 5 heteroatoms. The van der Waals surface area contributed by atoms with Crippen LogP contribution in [0, 0.1) is 6.92 Å². The number of halogens is 2. The molecule has 0 saturated heterocycles. The fourth-order valence-corrected chi connectivity index (χ4v) is 2.10. The molecule has 18 heavy (non-hydrogen) atoms. The number of aryl methyl sites for hydroxylation is 1. The van der Waals surface area contributed by atoms with Crippen molar-refractivity contribution in [1.29, 1.82) is 0 Å². The number of hydrogen-bond donors (Lipinski definition) is 0. The van der Waals surface area contributed by atoms with Gasteiger partial charge in [-0.05, 0) is 31.7 Å². The number of nitrogens with zero attached hydrogens (tertiary/aromatic N) is 2. The highest BCUT2D eigenvalue weighted by atomic mass is 35.5. The van der Waals surface area contributed by atoms with Gasteiger partial charge in [0.1, 0.15) is 5.76 Å². The Labute approximate surface area is 116 Å². The maximum Gasteiger partial charge on any atom is 0.133 e.